The number of morpholine rings is 1. The molecule has 0 saturated carbocycles. The number of aromatic nitrogens is 2. The summed E-state index contributed by atoms with van der Waals surface area (Å²) in [4.78, 5) is 20.1. The van der Waals surface area contributed by atoms with Gasteiger partial charge in [-0.2, -0.15) is 0 Å². The second-order valence-electron chi connectivity index (χ2n) is 6.43. The average molecular weight is 339 g/mol. The van der Waals surface area contributed by atoms with Gasteiger partial charge in [-0.15, -0.1) is 0 Å². The quantitative estimate of drug-likeness (QED) is 0.730. The normalized spacial score (nSPS) is 18.7. The second kappa shape index (κ2) is 6.82. The summed E-state index contributed by atoms with van der Waals surface area (Å²) < 4.78 is 12.8. The van der Waals surface area contributed by atoms with Gasteiger partial charge in [-0.05, 0) is 31.2 Å². The van der Waals surface area contributed by atoms with Crippen molar-refractivity contribution >= 4 is 10.9 Å². The molecule has 0 radical (unpaired) electrons. The number of benzene rings is 1. The van der Waals surface area contributed by atoms with Crippen molar-refractivity contribution in [2.75, 3.05) is 19.7 Å². The smallest absolute Gasteiger partial charge is 0.261 e. The fourth-order valence-electron chi connectivity index (χ4n) is 3.29. The zero-order valence-corrected chi connectivity index (χ0v) is 14.2. The Labute approximate surface area is 145 Å². The van der Waals surface area contributed by atoms with Crippen LogP contribution in [0.4, 0.5) is 0 Å². The van der Waals surface area contributed by atoms with E-state index in [1.54, 1.807) is 10.8 Å². The number of furan rings is 1. The standard InChI is InChI=1S/C19H21N3O3/c1-14-11-21(8-10-24-14)13-18-20-17-7-3-2-6-16(17)19(23)22(18)12-15-5-4-9-25-15/h2-7,9,14H,8,10-13H2,1H3/t14-/m0/s1. The third kappa shape index (κ3) is 3.36. The molecule has 1 saturated heterocycles. The van der Waals surface area contributed by atoms with E-state index in [4.69, 9.17) is 14.1 Å². The van der Waals surface area contributed by atoms with E-state index in [2.05, 4.69) is 11.8 Å². The molecule has 0 N–H and O–H groups in total. The minimum atomic E-state index is -0.0293. The lowest BCUT2D eigenvalue weighted by Gasteiger charge is -2.31. The minimum absolute atomic E-state index is 0.0293. The molecule has 1 aliphatic rings. The fraction of sp³-hybridized carbons (Fsp3) is 0.368. The van der Waals surface area contributed by atoms with Crippen molar-refractivity contribution in [2.24, 2.45) is 0 Å². The molecule has 25 heavy (non-hydrogen) atoms. The third-order valence-electron chi connectivity index (χ3n) is 4.52. The van der Waals surface area contributed by atoms with Gasteiger partial charge in [-0.25, -0.2) is 4.98 Å². The number of ether oxygens (including phenoxy) is 1. The Morgan fingerprint density at radius 3 is 2.88 bits per heavy atom. The van der Waals surface area contributed by atoms with Gasteiger partial charge in [0.1, 0.15) is 11.6 Å². The Bertz CT molecular complexity index is 917. The van der Waals surface area contributed by atoms with Crippen LogP contribution in [0.5, 0.6) is 0 Å². The van der Waals surface area contributed by atoms with Crippen LogP contribution in [0.15, 0.2) is 51.9 Å². The number of rotatable bonds is 4. The molecule has 0 amide bonds. The summed E-state index contributed by atoms with van der Waals surface area (Å²) in [6.07, 6.45) is 1.82. The monoisotopic (exact) mass is 339 g/mol. The molecule has 6 heteroatoms. The largest absolute Gasteiger partial charge is 0.467 e. The number of hydrogen-bond donors (Lipinski definition) is 0. The maximum Gasteiger partial charge on any atom is 0.261 e. The molecule has 1 aliphatic heterocycles. The maximum atomic E-state index is 13.0. The predicted octanol–water partition coefficient (Wildman–Crippen LogP) is 2.26. The van der Waals surface area contributed by atoms with E-state index < -0.39 is 0 Å². The minimum Gasteiger partial charge on any atom is -0.467 e. The van der Waals surface area contributed by atoms with Crippen LogP contribution in [-0.2, 0) is 17.8 Å². The first-order valence-corrected chi connectivity index (χ1v) is 8.55. The van der Waals surface area contributed by atoms with Gasteiger partial charge in [-0.3, -0.25) is 14.3 Å². The number of hydrogen-bond acceptors (Lipinski definition) is 5. The van der Waals surface area contributed by atoms with Crippen molar-refractivity contribution in [2.45, 2.75) is 26.1 Å². The fourth-order valence-corrected chi connectivity index (χ4v) is 3.29. The Morgan fingerprint density at radius 2 is 2.08 bits per heavy atom. The van der Waals surface area contributed by atoms with E-state index in [-0.39, 0.29) is 11.7 Å². The maximum absolute atomic E-state index is 13.0. The SMILES string of the molecule is C[C@H]1CN(Cc2nc3ccccc3c(=O)n2Cc2ccco2)CCO1. The number of nitrogens with zero attached hydrogens (tertiary/aromatic N) is 3. The first-order chi connectivity index (χ1) is 12.2. The molecule has 0 aliphatic carbocycles. The zero-order valence-electron chi connectivity index (χ0n) is 14.2. The Morgan fingerprint density at radius 1 is 1.20 bits per heavy atom. The molecular weight excluding hydrogens is 318 g/mol. The molecule has 0 bridgehead atoms. The highest BCUT2D eigenvalue weighted by atomic mass is 16.5. The van der Waals surface area contributed by atoms with E-state index in [1.165, 1.54) is 0 Å². The van der Waals surface area contributed by atoms with Gasteiger partial charge in [0.05, 0.1) is 43.0 Å². The summed E-state index contributed by atoms with van der Waals surface area (Å²) in [5, 5.41) is 0.633. The van der Waals surface area contributed by atoms with Crippen LogP contribution in [0, 0.1) is 0 Å². The summed E-state index contributed by atoms with van der Waals surface area (Å²) in [6, 6.07) is 11.2. The van der Waals surface area contributed by atoms with E-state index in [0.29, 0.717) is 25.1 Å². The van der Waals surface area contributed by atoms with E-state index in [1.807, 2.05) is 36.4 Å². The lowest BCUT2D eigenvalue weighted by molar-refractivity contribution is -0.0223. The molecule has 3 heterocycles. The van der Waals surface area contributed by atoms with E-state index >= 15 is 0 Å². The summed E-state index contributed by atoms with van der Waals surface area (Å²) in [7, 11) is 0. The number of para-hydroxylation sites is 1. The lowest BCUT2D eigenvalue weighted by atomic mass is 10.2. The van der Waals surface area contributed by atoms with Crippen LogP contribution in [0.1, 0.15) is 18.5 Å². The molecule has 130 valence electrons. The molecule has 1 fully saturated rings. The Balaban J connectivity index is 1.75. The summed E-state index contributed by atoms with van der Waals surface area (Å²) in [6.45, 7) is 5.46. The molecule has 6 nitrogen and oxygen atoms in total. The van der Waals surface area contributed by atoms with Crippen LogP contribution in [-0.4, -0.2) is 40.3 Å². The summed E-state index contributed by atoms with van der Waals surface area (Å²) in [5.41, 5.74) is 0.706. The van der Waals surface area contributed by atoms with E-state index in [9.17, 15) is 4.79 Å². The summed E-state index contributed by atoms with van der Waals surface area (Å²) >= 11 is 0. The first kappa shape index (κ1) is 16.1. The van der Waals surface area contributed by atoms with Gasteiger partial charge in [0.2, 0.25) is 0 Å². The molecule has 3 aromatic rings. The molecule has 0 unspecified atom stereocenters. The van der Waals surface area contributed by atoms with Gasteiger partial charge >= 0.3 is 0 Å². The van der Waals surface area contributed by atoms with Crippen LogP contribution < -0.4 is 5.56 Å². The molecule has 2 aromatic heterocycles. The molecule has 1 aromatic carbocycles. The highest BCUT2D eigenvalue weighted by molar-refractivity contribution is 5.77. The van der Waals surface area contributed by atoms with E-state index in [0.717, 1.165) is 30.2 Å². The van der Waals surface area contributed by atoms with Crippen molar-refractivity contribution < 1.29 is 9.15 Å². The van der Waals surface area contributed by atoms with Gasteiger partial charge in [-0.1, -0.05) is 12.1 Å². The Kier molecular flexibility index (Phi) is 4.38. The molecule has 0 spiro atoms. The van der Waals surface area contributed by atoms with Crippen molar-refractivity contribution in [3.8, 4) is 0 Å². The third-order valence-corrected chi connectivity index (χ3v) is 4.52. The van der Waals surface area contributed by atoms with Crippen molar-refractivity contribution in [3.05, 3.63) is 64.6 Å². The molecular formula is C19H21N3O3. The topological polar surface area (TPSA) is 60.5 Å². The highest BCUT2D eigenvalue weighted by Crippen LogP contribution is 2.14. The second-order valence-corrected chi connectivity index (χ2v) is 6.43. The van der Waals surface area contributed by atoms with Gasteiger partial charge in [0.15, 0.2) is 0 Å². The van der Waals surface area contributed by atoms with Crippen molar-refractivity contribution in [3.63, 3.8) is 0 Å². The number of fused-ring (bicyclic) bond motifs is 1. The molecule has 4 rings (SSSR count). The van der Waals surface area contributed by atoms with Gasteiger partial charge in [0, 0.05) is 13.1 Å². The highest BCUT2D eigenvalue weighted by Gasteiger charge is 2.20. The average Bonchev–Trinajstić information content (AvgIpc) is 3.12. The predicted molar refractivity (Wildman–Crippen MR) is 94.5 cm³/mol. The van der Waals surface area contributed by atoms with Gasteiger partial charge in [0.25, 0.3) is 5.56 Å². The van der Waals surface area contributed by atoms with Crippen LogP contribution in [0.2, 0.25) is 0 Å². The van der Waals surface area contributed by atoms with Crippen LogP contribution in [0.25, 0.3) is 10.9 Å². The lowest BCUT2D eigenvalue weighted by Crippen LogP contribution is -2.42. The van der Waals surface area contributed by atoms with Gasteiger partial charge < -0.3 is 9.15 Å². The first-order valence-electron chi connectivity index (χ1n) is 8.55. The van der Waals surface area contributed by atoms with Crippen molar-refractivity contribution in [1.29, 1.82) is 0 Å². The zero-order chi connectivity index (χ0) is 17.2. The van der Waals surface area contributed by atoms with Crippen LogP contribution in [0.3, 0.4) is 0 Å². The molecule has 1 atom stereocenters. The van der Waals surface area contributed by atoms with Crippen LogP contribution >= 0.6 is 0 Å². The Hall–Kier alpha value is -2.44. The summed E-state index contributed by atoms with van der Waals surface area (Å²) in [5.74, 6) is 1.50. The van der Waals surface area contributed by atoms with Crippen molar-refractivity contribution in [1.82, 2.24) is 14.5 Å².